The minimum absolute atomic E-state index is 0.0414. The van der Waals surface area contributed by atoms with Gasteiger partial charge in [-0.2, -0.15) is 0 Å². The fraction of sp³-hybridized carbons (Fsp3) is 0.154. The number of hydrogen-bond donors (Lipinski definition) is 2. The Balaban J connectivity index is 1.27. The fourth-order valence-electron chi connectivity index (χ4n) is 4.51. The summed E-state index contributed by atoms with van der Waals surface area (Å²) < 4.78 is 5.50. The standard InChI is InChI=1S/C26H20ClN2O4/c27-21-10-5-11-22-24(21)15(13-28-22)12-23(25(30)31)29-26(32)33-14-20-18-8-3-1-6-16(18)17-7-2-4-9-19(17)20/h1-11,13,20,23H,12,14H2,(H,29,32)(H,30,31)/t23-/m0/s1. The van der Waals surface area contributed by atoms with Crippen molar-refractivity contribution < 1.29 is 19.4 Å². The van der Waals surface area contributed by atoms with Crippen LogP contribution in [0.25, 0.3) is 16.7 Å². The topological polar surface area (TPSA) is 89.7 Å². The summed E-state index contributed by atoms with van der Waals surface area (Å²) >= 11 is 6.28. The molecule has 0 aromatic heterocycles. The zero-order chi connectivity index (χ0) is 22.9. The van der Waals surface area contributed by atoms with E-state index in [2.05, 4.69) is 22.8 Å². The van der Waals surface area contributed by atoms with E-state index in [0.717, 1.165) is 22.3 Å². The van der Waals surface area contributed by atoms with Crippen LogP contribution < -0.4 is 10.6 Å². The second kappa shape index (κ2) is 8.64. The number of carbonyl (C=O) groups excluding carboxylic acids is 1. The maximum atomic E-state index is 12.6. The second-order valence-corrected chi connectivity index (χ2v) is 8.39. The van der Waals surface area contributed by atoms with Crippen LogP contribution in [0.1, 0.15) is 29.0 Å². The van der Waals surface area contributed by atoms with Crippen molar-refractivity contribution >= 4 is 34.9 Å². The summed E-state index contributed by atoms with van der Waals surface area (Å²) in [5.74, 6) is -1.27. The van der Waals surface area contributed by atoms with Crippen LogP contribution in [0.2, 0.25) is 5.02 Å². The van der Waals surface area contributed by atoms with E-state index >= 15 is 0 Å². The van der Waals surface area contributed by atoms with E-state index in [1.807, 2.05) is 36.4 Å². The lowest BCUT2D eigenvalue weighted by atomic mass is 9.98. The smallest absolute Gasteiger partial charge is 0.407 e. The van der Waals surface area contributed by atoms with Crippen molar-refractivity contribution in [1.82, 2.24) is 10.6 Å². The molecule has 2 aliphatic rings. The number of alkyl carbamates (subject to hydrolysis) is 1. The molecule has 3 aromatic carbocycles. The first-order valence-electron chi connectivity index (χ1n) is 10.6. The highest BCUT2D eigenvalue weighted by molar-refractivity contribution is 6.33. The third-order valence-corrected chi connectivity index (χ3v) is 6.35. The Morgan fingerprint density at radius 1 is 1.00 bits per heavy atom. The van der Waals surface area contributed by atoms with Gasteiger partial charge in [0.1, 0.15) is 12.6 Å². The highest BCUT2D eigenvalue weighted by atomic mass is 35.5. The molecule has 6 nitrogen and oxygen atoms in total. The lowest BCUT2D eigenvalue weighted by Crippen LogP contribution is -2.41. The predicted molar refractivity (Wildman–Crippen MR) is 125 cm³/mol. The summed E-state index contributed by atoms with van der Waals surface area (Å²) in [5, 5.41) is 16.9. The first-order chi connectivity index (χ1) is 16.0. The van der Waals surface area contributed by atoms with Crippen LogP contribution in [0.3, 0.4) is 0 Å². The quantitative estimate of drug-likeness (QED) is 0.522. The first kappa shape index (κ1) is 21.1. The molecule has 33 heavy (non-hydrogen) atoms. The molecule has 0 spiro atoms. The maximum absolute atomic E-state index is 12.6. The summed E-state index contributed by atoms with van der Waals surface area (Å²) in [6, 6.07) is 20.2. The Hall–Kier alpha value is -3.77. The van der Waals surface area contributed by atoms with Gasteiger partial charge in [-0.3, -0.25) is 5.32 Å². The lowest BCUT2D eigenvalue weighted by molar-refractivity contribution is -0.139. The number of hydrogen-bond acceptors (Lipinski definition) is 3. The van der Waals surface area contributed by atoms with E-state index in [0.29, 0.717) is 21.8 Å². The van der Waals surface area contributed by atoms with Crippen LogP contribution in [-0.2, 0) is 9.53 Å². The number of nitrogens with one attached hydrogen (secondary N) is 1. The molecule has 3 aromatic rings. The molecule has 0 bridgehead atoms. The minimum atomic E-state index is -1.18. The van der Waals surface area contributed by atoms with Crippen molar-refractivity contribution in [3.8, 4) is 11.1 Å². The third kappa shape index (κ3) is 3.94. The van der Waals surface area contributed by atoms with Crippen LogP contribution in [0, 0.1) is 0 Å². The molecule has 1 amide bonds. The number of carbonyl (C=O) groups is 2. The number of carboxylic acid groups (broad SMARTS) is 1. The van der Waals surface area contributed by atoms with Gasteiger partial charge < -0.3 is 15.2 Å². The van der Waals surface area contributed by atoms with Crippen molar-refractivity contribution in [1.29, 1.82) is 0 Å². The molecule has 165 valence electrons. The van der Waals surface area contributed by atoms with Crippen LogP contribution in [-0.4, -0.2) is 29.8 Å². The van der Waals surface area contributed by atoms with E-state index in [1.165, 1.54) is 0 Å². The Morgan fingerprint density at radius 2 is 1.67 bits per heavy atom. The molecule has 0 unspecified atom stereocenters. The lowest BCUT2D eigenvalue weighted by Gasteiger charge is -2.18. The Kier molecular flexibility index (Phi) is 5.52. The largest absolute Gasteiger partial charge is 0.480 e. The summed E-state index contributed by atoms with van der Waals surface area (Å²) in [6.07, 6.45) is 0.852. The normalized spacial score (nSPS) is 14.4. The summed E-state index contributed by atoms with van der Waals surface area (Å²) in [4.78, 5) is 24.4. The van der Waals surface area contributed by atoms with Crippen LogP contribution in [0.4, 0.5) is 10.5 Å². The van der Waals surface area contributed by atoms with Gasteiger partial charge in [-0.1, -0.05) is 66.2 Å². The van der Waals surface area contributed by atoms with Crippen LogP contribution >= 0.6 is 11.6 Å². The number of benzene rings is 3. The van der Waals surface area contributed by atoms with Crippen molar-refractivity contribution in [3.05, 3.63) is 94.6 Å². The SMILES string of the molecule is O=C(N[C@@H](CC1=C[N]c2cccc(Cl)c21)C(=O)O)OCC1c2ccccc2-c2ccccc21. The predicted octanol–water partition coefficient (Wildman–Crippen LogP) is 5.31. The monoisotopic (exact) mass is 459 g/mol. The van der Waals surface area contributed by atoms with Gasteiger partial charge in [0, 0.05) is 24.1 Å². The average molecular weight is 460 g/mol. The molecule has 1 radical (unpaired) electrons. The number of fused-ring (bicyclic) bond motifs is 4. The zero-order valence-corrected chi connectivity index (χ0v) is 18.3. The van der Waals surface area contributed by atoms with E-state index in [4.69, 9.17) is 16.3 Å². The van der Waals surface area contributed by atoms with E-state index < -0.39 is 18.1 Å². The minimum Gasteiger partial charge on any atom is -0.480 e. The van der Waals surface area contributed by atoms with Crippen molar-refractivity contribution in [3.63, 3.8) is 0 Å². The Morgan fingerprint density at radius 3 is 2.33 bits per heavy atom. The second-order valence-electron chi connectivity index (χ2n) is 7.98. The number of aliphatic carboxylic acids is 1. The zero-order valence-electron chi connectivity index (χ0n) is 17.5. The number of rotatable bonds is 6. The molecule has 0 saturated heterocycles. The molecule has 1 aliphatic carbocycles. The Labute approximate surface area is 195 Å². The summed E-state index contributed by atoms with van der Waals surface area (Å²) in [5.41, 5.74) is 6.45. The molecule has 2 N–H and O–H groups in total. The summed E-state index contributed by atoms with van der Waals surface area (Å²) in [6.45, 7) is 0.110. The van der Waals surface area contributed by atoms with Gasteiger partial charge in [0.2, 0.25) is 0 Å². The van der Waals surface area contributed by atoms with Crippen molar-refractivity contribution in [2.75, 3.05) is 6.61 Å². The number of halogens is 1. The van der Waals surface area contributed by atoms with Gasteiger partial charge in [-0.25, -0.2) is 9.59 Å². The van der Waals surface area contributed by atoms with Gasteiger partial charge in [0.05, 0.1) is 10.7 Å². The Bertz CT molecular complexity index is 1240. The summed E-state index contributed by atoms with van der Waals surface area (Å²) in [7, 11) is 0. The average Bonchev–Trinajstić information content (AvgIpc) is 3.37. The molecular formula is C26H20ClN2O4. The van der Waals surface area contributed by atoms with Crippen LogP contribution in [0.5, 0.6) is 0 Å². The van der Waals surface area contributed by atoms with E-state index in [1.54, 1.807) is 24.4 Å². The van der Waals surface area contributed by atoms with Gasteiger partial charge >= 0.3 is 12.1 Å². The first-order valence-corrected chi connectivity index (χ1v) is 10.9. The molecular weight excluding hydrogens is 440 g/mol. The number of carboxylic acids is 1. The molecule has 1 atom stereocenters. The molecule has 0 fully saturated rings. The molecule has 1 heterocycles. The van der Waals surface area contributed by atoms with Gasteiger partial charge in [-0.15, -0.1) is 0 Å². The highest BCUT2D eigenvalue weighted by Gasteiger charge is 2.30. The molecule has 7 heteroatoms. The maximum Gasteiger partial charge on any atom is 0.407 e. The van der Waals surface area contributed by atoms with Crippen LogP contribution in [0.15, 0.2) is 72.9 Å². The molecule has 5 rings (SSSR count). The van der Waals surface area contributed by atoms with Gasteiger partial charge in [0.25, 0.3) is 0 Å². The third-order valence-electron chi connectivity index (χ3n) is 6.03. The van der Waals surface area contributed by atoms with E-state index in [9.17, 15) is 14.7 Å². The van der Waals surface area contributed by atoms with Crippen molar-refractivity contribution in [2.24, 2.45) is 0 Å². The highest BCUT2D eigenvalue weighted by Crippen LogP contribution is 2.44. The molecule has 1 aliphatic heterocycles. The fourth-order valence-corrected chi connectivity index (χ4v) is 4.80. The van der Waals surface area contributed by atoms with E-state index in [-0.39, 0.29) is 18.9 Å². The number of nitrogens with zero attached hydrogens (tertiary/aromatic N) is 1. The number of ether oxygens (including phenoxy) is 1. The van der Waals surface area contributed by atoms with Gasteiger partial charge in [0.15, 0.2) is 0 Å². The molecule has 0 saturated carbocycles. The van der Waals surface area contributed by atoms with Gasteiger partial charge in [-0.05, 0) is 40.0 Å². The van der Waals surface area contributed by atoms with Crippen molar-refractivity contribution in [2.45, 2.75) is 18.4 Å². The number of amides is 1.